The molecule has 1 aromatic carbocycles. The Hall–Kier alpha value is -2.11. The van der Waals surface area contributed by atoms with Gasteiger partial charge in [-0.2, -0.15) is 12.5 Å². The molecule has 0 unspecified atom stereocenters. The fourth-order valence-corrected chi connectivity index (χ4v) is 7.08. The summed E-state index contributed by atoms with van der Waals surface area (Å²) in [6.07, 6.45) is 6.28. The molecule has 0 radical (unpaired) electrons. The third-order valence-corrected chi connectivity index (χ3v) is 10.5. The molecule has 1 spiro atoms. The SMILES string of the molecule is CC(C)S(=O)(=O)n1ccc(S(=O)(=O)n2nc(N3CCC34CCC4)c3c(Cl)cc(F)cc32)c1. The molecule has 172 valence electrons. The average Bonchev–Trinajstić information content (AvgIpc) is 3.26. The minimum Gasteiger partial charge on any atom is -0.349 e. The van der Waals surface area contributed by atoms with Gasteiger partial charge in [-0.15, -0.1) is 5.10 Å². The average molecular weight is 501 g/mol. The van der Waals surface area contributed by atoms with Crippen LogP contribution in [0.2, 0.25) is 5.02 Å². The molecule has 32 heavy (non-hydrogen) atoms. The molecule has 0 bridgehead atoms. The normalized spacial score (nSPS) is 18.3. The Morgan fingerprint density at radius 1 is 1.16 bits per heavy atom. The highest BCUT2D eigenvalue weighted by Gasteiger charge is 2.50. The van der Waals surface area contributed by atoms with Crippen molar-refractivity contribution in [1.82, 2.24) is 13.2 Å². The van der Waals surface area contributed by atoms with E-state index in [0.29, 0.717) is 17.7 Å². The van der Waals surface area contributed by atoms with Crippen molar-refractivity contribution in [3.05, 3.63) is 41.4 Å². The third kappa shape index (κ3) is 2.94. The number of halogens is 2. The van der Waals surface area contributed by atoms with E-state index in [1.165, 1.54) is 26.1 Å². The number of nitrogens with zero attached hydrogens (tertiary/aromatic N) is 4. The van der Waals surface area contributed by atoms with Crippen LogP contribution >= 0.6 is 11.6 Å². The topological polar surface area (TPSA) is 94.3 Å². The molecule has 12 heteroatoms. The minimum absolute atomic E-state index is 0.0193. The van der Waals surface area contributed by atoms with Crippen molar-refractivity contribution in [3.8, 4) is 0 Å². The molecule has 0 N–H and O–H groups in total. The molecule has 3 heterocycles. The van der Waals surface area contributed by atoms with E-state index in [1.54, 1.807) is 0 Å². The largest absolute Gasteiger partial charge is 0.349 e. The molecule has 0 atom stereocenters. The van der Waals surface area contributed by atoms with Gasteiger partial charge < -0.3 is 4.90 Å². The molecule has 1 saturated carbocycles. The summed E-state index contributed by atoms with van der Waals surface area (Å²) in [5, 5.41) is 4.11. The van der Waals surface area contributed by atoms with E-state index >= 15 is 0 Å². The Morgan fingerprint density at radius 3 is 2.44 bits per heavy atom. The molecule has 1 aliphatic heterocycles. The number of hydrogen-bond acceptors (Lipinski definition) is 6. The van der Waals surface area contributed by atoms with E-state index in [9.17, 15) is 21.2 Å². The van der Waals surface area contributed by atoms with Crippen LogP contribution < -0.4 is 4.90 Å². The van der Waals surface area contributed by atoms with Gasteiger partial charge in [0.1, 0.15) is 10.7 Å². The predicted molar refractivity (Wildman–Crippen MR) is 120 cm³/mol. The Kier molecular flexibility index (Phi) is 4.71. The van der Waals surface area contributed by atoms with E-state index < -0.39 is 31.1 Å². The summed E-state index contributed by atoms with van der Waals surface area (Å²) in [4.78, 5) is 1.79. The standard InChI is InChI=1S/C20H22ClFN4O4S2/c1-13(2)31(27,28)24-8-4-15(12-24)32(29,30)26-17-11-14(22)10-16(21)18(17)19(23-26)25-9-7-20(25)5-3-6-20/h4,8,10-13H,3,5-7,9H2,1-2H3. The van der Waals surface area contributed by atoms with Crippen LogP contribution in [-0.2, 0) is 20.0 Å². The fraction of sp³-hybridized carbons (Fsp3) is 0.450. The van der Waals surface area contributed by atoms with Gasteiger partial charge in [0, 0.05) is 30.5 Å². The number of rotatable bonds is 5. The number of hydrogen-bond donors (Lipinski definition) is 0. The first-order chi connectivity index (χ1) is 15.0. The lowest BCUT2D eigenvalue weighted by Crippen LogP contribution is -2.64. The second kappa shape index (κ2) is 6.94. The van der Waals surface area contributed by atoms with Crippen LogP contribution in [-0.4, -0.2) is 47.3 Å². The van der Waals surface area contributed by atoms with Crippen LogP contribution in [0.5, 0.6) is 0 Å². The van der Waals surface area contributed by atoms with Crippen molar-refractivity contribution in [2.75, 3.05) is 11.4 Å². The van der Waals surface area contributed by atoms with Crippen LogP contribution in [0, 0.1) is 5.82 Å². The lowest BCUT2D eigenvalue weighted by molar-refractivity contribution is 0.150. The summed E-state index contributed by atoms with van der Waals surface area (Å²) in [7, 11) is -8.05. The molecule has 2 fully saturated rings. The van der Waals surface area contributed by atoms with E-state index in [0.717, 1.165) is 52.1 Å². The summed E-state index contributed by atoms with van der Waals surface area (Å²) >= 11 is 6.36. The fourth-order valence-electron chi connectivity index (χ4n) is 4.48. The van der Waals surface area contributed by atoms with Crippen molar-refractivity contribution in [1.29, 1.82) is 0 Å². The van der Waals surface area contributed by atoms with Gasteiger partial charge in [0.15, 0.2) is 5.82 Å². The molecule has 1 aliphatic carbocycles. The first-order valence-corrected chi connectivity index (χ1v) is 13.6. The van der Waals surface area contributed by atoms with Crippen molar-refractivity contribution >= 4 is 48.4 Å². The van der Waals surface area contributed by atoms with E-state index in [1.807, 2.05) is 0 Å². The monoisotopic (exact) mass is 500 g/mol. The van der Waals surface area contributed by atoms with Gasteiger partial charge in [0.2, 0.25) is 10.0 Å². The first kappa shape index (κ1) is 21.7. The van der Waals surface area contributed by atoms with Gasteiger partial charge in [-0.05, 0) is 51.7 Å². The highest BCUT2D eigenvalue weighted by Crippen LogP contribution is 2.51. The van der Waals surface area contributed by atoms with Crippen LogP contribution in [0.1, 0.15) is 39.5 Å². The molecule has 5 rings (SSSR count). The van der Waals surface area contributed by atoms with Crippen LogP contribution in [0.3, 0.4) is 0 Å². The first-order valence-electron chi connectivity index (χ1n) is 10.3. The highest BCUT2D eigenvalue weighted by molar-refractivity contribution is 7.91. The zero-order valence-corrected chi connectivity index (χ0v) is 19.9. The quantitative estimate of drug-likeness (QED) is 0.531. The van der Waals surface area contributed by atoms with E-state index in [4.69, 9.17) is 11.6 Å². The summed E-state index contributed by atoms with van der Waals surface area (Å²) in [5.74, 6) is -0.277. The zero-order chi connectivity index (χ0) is 23.1. The Morgan fingerprint density at radius 2 is 1.88 bits per heavy atom. The van der Waals surface area contributed by atoms with Crippen LogP contribution in [0.4, 0.5) is 10.2 Å². The Balaban J connectivity index is 1.69. The number of aromatic nitrogens is 3. The highest BCUT2D eigenvalue weighted by atomic mass is 35.5. The number of benzene rings is 1. The van der Waals surface area contributed by atoms with Gasteiger partial charge in [-0.3, -0.25) is 3.97 Å². The zero-order valence-electron chi connectivity index (χ0n) is 17.5. The summed E-state index contributed by atoms with van der Waals surface area (Å²) in [6, 6.07) is 3.43. The van der Waals surface area contributed by atoms with E-state index in [2.05, 4.69) is 10.00 Å². The van der Waals surface area contributed by atoms with Gasteiger partial charge in [0.05, 0.1) is 21.2 Å². The Labute approximate surface area is 190 Å². The van der Waals surface area contributed by atoms with E-state index in [-0.39, 0.29) is 21.0 Å². The smallest absolute Gasteiger partial charge is 0.285 e. The maximum absolute atomic E-state index is 14.2. The Bertz CT molecular complexity index is 1450. The molecule has 8 nitrogen and oxygen atoms in total. The molecule has 0 amide bonds. The summed E-state index contributed by atoms with van der Waals surface area (Å²) in [6.45, 7) is 3.72. The number of fused-ring (bicyclic) bond motifs is 1. The van der Waals surface area contributed by atoms with Crippen molar-refractivity contribution < 1.29 is 21.2 Å². The van der Waals surface area contributed by atoms with Crippen molar-refractivity contribution in [2.24, 2.45) is 0 Å². The summed E-state index contributed by atoms with van der Waals surface area (Å²) in [5.41, 5.74) is -0.0201. The number of anilines is 1. The van der Waals surface area contributed by atoms with Crippen molar-refractivity contribution in [2.45, 2.75) is 55.2 Å². The van der Waals surface area contributed by atoms with Crippen molar-refractivity contribution in [3.63, 3.8) is 0 Å². The third-order valence-electron chi connectivity index (χ3n) is 6.62. The molecule has 2 aromatic heterocycles. The second-order valence-electron chi connectivity index (χ2n) is 8.70. The maximum atomic E-state index is 14.2. The molecule has 3 aromatic rings. The van der Waals surface area contributed by atoms with Gasteiger partial charge in [0.25, 0.3) is 10.0 Å². The predicted octanol–water partition coefficient (Wildman–Crippen LogP) is 3.59. The lowest BCUT2D eigenvalue weighted by atomic mass is 9.68. The van der Waals surface area contributed by atoms with Gasteiger partial charge in [-0.25, -0.2) is 12.8 Å². The van der Waals surface area contributed by atoms with Crippen LogP contribution in [0.15, 0.2) is 35.5 Å². The van der Waals surface area contributed by atoms with Gasteiger partial charge in [-0.1, -0.05) is 11.6 Å². The van der Waals surface area contributed by atoms with Crippen LogP contribution in [0.25, 0.3) is 10.9 Å². The molecule has 2 aliphatic rings. The molecular formula is C20H22ClFN4O4S2. The second-order valence-corrected chi connectivity index (χ2v) is 13.3. The minimum atomic E-state index is -4.32. The summed E-state index contributed by atoms with van der Waals surface area (Å²) < 4.78 is 67.7. The van der Waals surface area contributed by atoms with Gasteiger partial charge >= 0.3 is 0 Å². The molecular weight excluding hydrogens is 479 g/mol. The lowest BCUT2D eigenvalue weighted by Gasteiger charge is -2.59. The molecule has 1 saturated heterocycles. The maximum Gasteiger partial charge on any atom is 0.285 e.